The molecule has 4 N–H and O–H groups in total. The van der Waals surface area contributed by atoms with E-state index in [4.69, 9.17) is 20.3 Å². The zero-order valence-electron chi connectivity index (χ0n) is 9.84. The van der Waals surface area contributed by atoms with E-state index in [0.29, 0.717) is 30.3 Å². The van der Waals surface area contributed by atoms with Gasteiger partial charge in [-0.2, -0.15) is 0 Å². The second kappa shape index (κ2) is 4.20. The third kappa shape index (κ3) is 1.95. The number of rotatable bonds is 2. The highest BCUT2D eigenvalue weighted by molar-refractivity contribution is 5.93. The number of aromatic nitrogens is 2. The van der Waals surface area contributed by atoms with Crippen LogP contribution in [0.25, 0.3) is 11.3 Å². The second-order valence-electron chi connectivity index (χ2n) is 4.01. The van der Waals surface area contributed by atoms with Crippen LogP contribution in [0.15, 0.2) is 18.2 Å². The van der Waals surface area contributed by atoms with E-state index in [0.717, 1.165) is 0 Å². The first-order valence-electron chi connectivity index (χ1n) is 5.64. The Labute approximate surface area is 108 Å². The quantitative estimate of drug-likeness (QED) is 0.747. The number of hydrogen-bond acceptors (Lipinski definition) is 5. The molecular weight excluding hydrogens is 250 g/mol. The van der Waals surface area contributed by atoms with E-state index in [1.807, 2.05) is 0 Å². The second-order valence-corrected chi connectivity index (χ2v) is 4.01. The number of fused-ring (bicyclic) bond motifs is 1. The van der Waals surface area contributed by atoms with Gasteiger partial charge in [0.15, 0.2) is 23.1 Å². The number of carbonyl (C=O) groups is 1. The summed E-state index contributed by atoms with van der Waals surface area (Å²) in [5, 5.41) is 9.10. The van der Waals surface area contributed by atoms with Crippen molar-refractivity contribution in [1.29, 1.82) is 0 Å². The molecule has 0 saturated heterocycles. The zero-order chi connectivity index (χ0) is 13.4. The number of aromatic amines is 1. The van der Waals surface area contributed by atoms with Crippen molar-refractivity contribution < 1.29 is 19.4 Å². The molecule has 0 atom stereocenters. The first kappa shape index (κ1) is 11.4. The number of benzene rings is 1. The van der Waals surface area contributed by atoms with Crippen LogP contribution in [-0.2, 0) is 0 Å². The van der Waals surface area contributed by atoms with E-state index in [1.54, 1.807) is 18.2 Å². The van der Waals surface area contributed by atoms with Crippen molar-refractivity contribution in [2.24, 2.45) is 0 Å². The van der Waals surface area contributed by atoms with Gasteiger partial charge in [-0.1, -0.05) is 0 Å². The van der Waals surface area contributed by atoms with Crippen LogP contribution in [0.5, 0.6) is 11.5 Å². The van der Waals surface area contributed by atoms with Gasteiger partial charge in [-0.3, -0.25) is 0 Å². The van der Waals surface area contributed by atoms with E-state index in [2.05, 4.69) is 9.97 Å². The summed E-state index contributed by atoms with van der Waals surface area (Å²) < 4.78 is 10.9. The minimum Gasteiger partial charge on any atom is -0.486 e. The number of nitrogen functional groups attached to an aromatic ring is 1. The number of imidazole rings is 1. The third-order valence-electron chi connectivity index (χ3n) is 2.75. The van der Waals surface area contributed by atoms with Gasteiger partial charge in [0.05, 0.1) is 0 Å². The minimum absolute atomic E-state index is 0.0471. The Morgan fingerprint density at radius 2 is 2.05 bits per heavy atom. The van der Waals surface area contributed by atoms with Crippen molar-refractivity contribution in [3.05, 3.63) is 23.9 Å². The maximum Gasteiger partial charge on any atom is 0.354 e. The van der Waals surface area contributed by atoms with Crippen LogP contribution in [0.2, 0.25) is 0 Å². The maximum atomic E-state index is 11.1. The summed E-state index contributed by atoms with van der Waals surface area (Å²) in [4.78, 5) is 17.6. The molecule has 0 radical (unpaired) electrons. The van der Waals surface area contributed by atoms with Crippen LogP contribution in [0.4, 0.5) is 5.95 Å². The lowest BCUT2D eigenvalue weighted by Crippen LogP contribution is -2.15. The number of carboxylic acids is 1. The Bertz CT molecular complexity index is 650. The molecule has 2 heterocycles. The number of H-pyrrole nitrogens is 1. The first-order valence-corrected chi connectivity index (χ1v) is 5.64. The Morgan fingerprint density at radius 3 is 2.79 bits per heavy atom. The van der Waals surface area contributed by atoms with Crippen molar-refractivity contribution in [2.75, 3.05) is 18.9 Å². The molecule has 2 aromatic rings. The summed E-state index contributed by atoms with van der Waals surface area (Å²) in [5.74, 6) is 0.147. The van der Waals surface area contributed by atoms with E-state index < -0.39 is 5.97 Å². The molecular formula is C12H11N3O4. The number of nitrogens with two attached hydrogens (primary N) is 1. The summed E-state index contributed by atoms with van der Waals surface area (Å²) in [7, 11) is 0. The third-order valence-corrected chi connectivity index (χ3v) is 2.75. The van der Waals surface area contributed by atoms with Gasteiger partial charge in [0, 0.05) is 5.56 Å². The standard InChI is InChI=1S/C12H11N3O4/c13-12-14-9(10(15-12)11(16)17)6-1-2-7-8(5-6)19-4-3-18-7/h1-2,5H,3-4H2,(H,16,17)(H3,13,14,15). The van der Waals surface area contributed by atoms with E-state index in [-0.39, 0.29) is 17.3 Å². The monoisotopic (exact) mass is 261 g/mol. The summed E-state index contributed by atoms with van der Waals surface area (Å²) in [5.41, 5.74) is 6.35. The number of nitrogens with one attached hydrogen (secondary N) is 1. The summed E-state index contributed by atoms with van der Waals surface area (Å²) >= 11 is 0. The van der Waals surface area contributed by atoms with Crippen LogP contribution in [0, 0.1) is 0 Å². The highest BCUT2D eigenvalue weighted by atomic mass is 16.6. The number of hydrogen-bond donors (Lipinski definition) is 3. The van der Waals surface area contributed by atoms with Crippen LogP contribution < -0.4 is 15.2 Å². The highest BCUT2D eigenvalue weighted by Gasteiger charge is 2.19. The maximum absolute atomic E-state index is 11.1. The lowest BCUT2D eigenvalue weighted by molar-refractivity contribution is 0.0692. The van der Waals surface area contributed by atoms with E-state index in [1.165, 1.54) is 0 Å². The van der Waals surface area contributed by atoms with Gasteiger partial charge in [0.2, 0.25) is 0 Å². The molecule has 7 heteroatoms. The largest absolute Gasteiger partial charge is 0.486 e. The first-order chi connectivity index (χ1) is 9.15. The van der Waals surface area contributed by atoms with Crippen LogP contribution in [-0.4, -0.2) is 34.3 Å². The SMILES string of the molecule is Nc1nc(-c2ccc3c(c2)OCCO3)c(C(=O)O)[nH]1. The van der Waals surface area contributed by atoms with Gasteiger partial charge in [0.25, 0.3) is 0 Å². The van der Waals surface area contributed by atoms with Gasteiger partial charge in [-0.15, -0.1) is 0 Å². The van der Waals surface area contributed by atoms with Crippen molar-refractivity contribution >= 4 is 11.9 Å². The number of nitrogens with zero attached hydrogens (tertiary/aromatic N) is 1. The van der Waals surface area contributed by atoms with Gasteiger partial charge < -0.3 is 25.3 Å². The van der Waals surface area contributed by atoms with Crippen LogP contribution >= 0.6 is 0 Å². The molecule has 0 fully saturated rings. The van der Waals surface area contributed by atoms with Gasteiger partial charge in [-0.25, -0.2) is 9.78 Å². The molecule has 1 aliphatic rings. The average Bonchev–Trinajstić information content (AvgIpc) is 2.80. The molecule has 1 aromatic heterocycles. The fourth-order valence-corrected chi connectivity index (χ4v) is 1.95. The summed E-state index contributed by atoms with van der Waals surface area (Å²) in [6, 6.07) is 5.13. The smallest absolute Gasteiger partial charge is 0.354 e. The zero-order valence-corrected chi connectivity index (χ0v) is 9.84. The lowest BCUT2D eigenvalue weighted by Gasteiger charge is -2.18. The highest BCUT2D eigenvalue weighted by Crippen LogP contribution is 2.35. The Hall–Kier alpha value is -2.70. The molecule has 0 amide bonds. The predicted octanol–water partition coefficient (Wildman–Crippen LogP) is 1.13. The number of anilines is 1. The average molecular weight is 261 g/mol. The number of carboxylic acid groups (broad SMARTS) is 1. The molecule has 1 aromatic carbocycles. The molecule has 19 heavy (non-hydrogen) atoms. The Kier molecular flexibility index (Phi) is 2.52. The van der Waals surface area contributed by atoms with Crippen LogP contribution in [0.1, 0.15) is 10.5 Å². The van der Waals surface area contributed by atoms with Crippen molar-refractivity contribution in [2.45, 2.75) is 0 Å². The van der Waals surface area contributed by atoms with Crippen molar-refractivity contribution in [1.82, 2.24) is 9.97 Å². The van der Waals surface area contributed by atoms with Gasteiger partial charge in [0.1, 0.15) is 18.9 Å². The van der Waals surface area contributed by atoms with E-state index >= 15 is 0 Å². The molecule has 1 aliphatic heterocycles. The predicted molar refractivity (Wildman–Crippen MR) is 66.4 cm³/mol. The normalized spacial score (nSPS) is 13.3. The summed E-state index contributed by atoms with van der Waals surface area (Å²) in [6.07, 6.45) is 0. The minimum atomic E-state index is -1.12. The molecule has 0 spiro atoms. The Balaban J connectivity index is 2.09. The van der Waals surface area contributed by atoms with Crippen molar-refractivity contribution in [3.63, 3.8) is 0 Å². The van der Waals surface area contributed by atoms with Crippen molar-refractivity contribution in [3.8, 4) is 22.8 Å². The fraction of sp³-hybridized carbons (Fsp3) is 0.167. The topological polar surface area (TPSA) is 110 Å². The number of ether oxygens (including phenoxy) is 2. The fourth-order valence-electron chi connectivity index (χ4n) is 1.95. The molecule has 7 nitrogen and oxygen atoms in total. The number of aromatic carboxylic acids is 1. The summed E-state index contributed by atoms with van der Waals surface area (Å²) in [6.45, 7) is 0.965. The Morgan fingerprint density at radius 1 is 1.32 bits per heavy atom. The lowest BCUT2D eigenvalue weighted by atomic mass is 10.1. The molecule has 0 bridgehead atoms. The van der Waals surface area contributed by atoms with Gasteiger partial charge in [-0.05, 0) is 18.2 Å². The molecule has 0 aliphatic carbocycles. The molecule has 3 rings (SSSR count). The van der Waals surface area contributed by atoms with E-state index in [9.17, 15) is 4.79 Å². The molecule has 0 unspecified atom stereocenters. The van der Waals surface area contributed by atoms with Gasteiger partial charge >= 0.3 is 5.97 Å². The molecule has 0 saturated carbocycles. The molecule has 98 valence electrons. The van der Waals surface area contributed by atoms with Crippen LogP contribution in [0.3, 0.4) is 0 Å².